The molecule has 0 aliphatic carbocycles. The number of alkyl halides is 3. The van der Waals surface area contributed by atoms with Crippen LogP contribution in [0.2, 0.25) is 0 Å². The van der Waals surface area contributed by atoms with Crippen molar-refractivity contribution in [3.63, 3.8) is 0 Å². The largest absolute Gasteiger partial charge is 0.490 e. The van der Waals surface area contributed by atoms with Crippen LogP contribution in [-0.2, 0) is 9.59 Å². The molecule has 3 aliphatic rings. The SMILES string of the molecule is Cc1cc2c(cc1NC1(C)CNC1)N1C(=NNC(=O)C1C)CO2.O=C(O)C(F)(F)F. The quantitative estimate of drug-likeness (QED) is 0.562. The van der Waals surface area contributed by atoms with E-state index < -0.39 is 12.1 Å². The van der Waals surface area contributed by atoms with Gasteiger partial charge in [0.1, 0.15) is 18.4 Å². The summed E-state index contributed by atoms with van der Waals surface area (Å²) in [6, 6.07) is 3.79. The van der Waals surface area contributed by atoms with Gasteiger partial charge in [0.05, 0.1) is 11.2 Å². The van der Waals surface area contributed by atoms with Gasteiger partial charge in [-0.25, -0.2) is 10.2 Å². The normalized spacial score (nSPS) is 21.4. The van der Waals surface area contributed by atoms with Gasteiger partial charge in [-0.1, -0.05) is 0 Å². The predicted octanol–water partition coefficient (Wildman–Crippen LogP) is 1.43. The molecule has 12 heteroatoms. The highest BCUT2D eigenvalue weighted by Gasteiger charge is 2.38. The molecular weight excluding hydrogens is 407 g/mol. The van der Waals surface area contributed by atoms with Gasteiger partial charge in [0.15, 0.2) is 5.84 Å². The second-order valence-corrected chi connectivity index (χ2v) is 7.57. The van der Waals surface area contributed by atoms with Gasteiger partial charge in [0.2, 0.25) is 0 Å². The Kier molecular flexibility index (Phi) is 5.54. The number of anilines is 2. The Hall–Kier alpha value is -3.02. The first-order valence-corrected chi connectivity index (χ1v) is 9.13. The summed E-state index contributed by atoms with van der Waals surface area (Å²) in [5.41, 5.74) is 5.70. The van der Waals surface area contributed by atoms with Crippen molar-refractivity contribution in [1.82, 2.24) is 10.7 Å². The second kappa shape index (κ2) is 7.67. The van der Waals surface area contributed by atoms with Crippen LogP contribution < -0.4 is 25.7 Å². The topological polar surface area (TPSA) is 115 Å². The highest BCUT2D eigenvalue weighted by atomic mass is 19.4. The van der Waals surface area contributed by atoms with Gasteiger partial charge in [-0.2, -0.15) is 18.3 Å². The fourth-order valence-corrected chi connectivity index (χ4v) is 3.22. The van der Waals surface area contributed by atoms with Crippen molar-refractivity contribution in [2.75, 3.05) is 29.9 Å². The van der Waals surface area contributed by atoms with Crippen molar-refractivity contribution >= 4 is 29.1 Å². The molecule has 4 N–H and O–H groups in total. The van der Waals surface area contributed by atoms with Crippen molar-refractivity contribution < 1.29 is 32.6 Å². The Morgan fingerprint density at radius 3 is 2.57 bits per heavy atom. The molecule has 0 spiro atoms. The van der Waals surface area contributed by atoms with Crippen LogP contribution in [0.3, 0.4) is 0 Å². The maximum atomic E-state index is 12.0. The molecule has 0 saturated carbocycles. The minimum Gasteiger partial charge on any atom is -0.483 e. The number of carbonyl (C=O) groups excluding carboxylic acids is 1. The van der Waals surface area contributed by atoms with Crippen molar-refractivity contribution in [3.05, 3.63) is 17.7 Å². The van der Waals surface area contributed by atoms with Crippen LogP contribution in [0.5, 0.6) is 5.75 Å². The fourth-order valence-electron chi connectivity index (χ4n) is 3.22. The average Bonchev–Trinajstić information content (AvgIpc) is 2.63. The van der Waals surface area contributed by atoms with E-state index in [4.69, 9.17) is 14.6 Å². The summed E-state index contributed by atoms with van der Waals surface area (Å²) >= 11 is 0. The number of amidine groups is 1. The van der Waals surface area contributed by atoms with Crippen LogP contribution in [0.15, 0.2) is 17.2 Å². The number of fused-ring (bicyclic) bond motifs is 3. The minimum atomic E-state index is -5.08. The number of carboxylic acids is 1. The number of amides is 1. The van der Waals surface area contributed by atoms with Gasteiger partial charge in [-0.15, -0.1) is 0 Å². The Morgan fingerprint density at radius 2 is 2.03 bits per heavy atom. The van der Waals surface area contributed by atoms with Gasteiger partial charge < -0.3 is 25.4 Å². The lowest BCUT2D eigenvalue weighted by molar-refractivity contribution is -0.192. The molecule has 3 aliphatic heterocycles. The average molecular weight is 429 g/mol. The predicted molar refractivity (Wildman–Crippen MR) is 103 cm³/mol. The molecule has 164 valence electrons. The van der Waals surface area contributed by atoms with E-state index in [1.807, 2.05) is 17.9 Å². The number of aryl methyl sites for hydroxylation is 1. The number of hydrogen-bond acceptors (Lipinski definition) is 7. The zero-order chi connectivity index (χ0) is 22.3. The van der Waals surface area contributed by atoms with E-state index in [1.165, 1.54) is 0 Å². The molecule has 1 atom stereocenters. The standard InChI is InChI=1S/C16H21N5O2.C2HF3O2/c1-9-4-13-12(5-11(9)18-16(3)7-17-8-16)21-10(2)15(22)20-19-14(21)6-23-13;3-2(4,5)1(6)7/h4-5,10,17-18H,6-8H2,1-3H3,(H,20,22);(H,6,7). The lowest BCUT2D eigenvalue weighted by Gasteiger charge is -2.42. The maximum absolute atomic E-state index is 12.0. The van der Waals surface area contributed by atoms with Crippen LogP contribution in [0.4, 0.5) is 24.5 Å². The van der Waals surface area contributed by atoms with Crippen LogP contribution in [0.25, 0.3) is 0 Å². The van der Waals surface area contributed by atoms with E-state index in [-0.39, 0.29) is 17.5 Å². The summed E-state index contributed by atoms with van der Waals surface area (Å²) in [6.07, 6.45) is -5.08. The number of rotatable bonds is 2. The number of aliphatic carboxylic acids is 1. The molecule has 1 amide bonds. The minimum absolute atomic E-state index is 0.0658. The third-order valence-corrected chi connectivity index (χ3v) is 4.97. The number of nitrogens with zero attached hydrogens (tertiary/aromatic N) is 2. The number of ether oxygens (including phenoxy) is 1. The zero-order valence-electron chi connectivity index (χ0n) is 16.6. The molecule has 0 bridgehead atoms. The molecule has 0 radical (unpaired) electrons. The summed E-state index contributed by atoms with van der Waals surface area (Å²) in [7, 11) is 0. The summed E-state index contributed by atoms with van der Waals surface area (Å²) < 4.78 is 37.6. The van der Waals surface area contributed by atoms with Crippen molar-refractivity contribution in [1.29, 1.82) is 0 Å². The zero-order valence-corrected chi connectivity index (χ0v) is 16.6. The molecule has 0 aromatic heterocycles. The summed E-state index contributed by atoms with van der Waals surface area (Å²) in [4.78, 5) is 22.8. The molecule has 30 heavy (non-hydrogen) atoms. The summed E-state index contributed by atoms with van der Waals surface area (Å²) in [6.45, 7) is 8.39. The lowest BCUT2D eigenvalue weighted by atomic mass is 9.94. The second-order valence-electron chi connectivity index (χ2n) is 7.57. The molecule has 9 nitrogen and oxygen atoms in total. The molecule has 1 aromatic rings. The van der Waals surface area contributed by atoms with Crippen molar-refractivity contribution in [2.45, 2.75) is 38.5 Å². The highest BCUT2D eigenvalue weighted by Crippen LogP contribution is 2.39. The van der Waals surface area contributed by atoms with E-state index in [2.05, 4.69) is 41.1 Å². The van der Waals surface area contributed by atoms with Crippen LogP contribution in [0, 0.1) is 6.92 Å². The van der Waals surface area contributed by atoms with E-state index >= 15 is 0 Å². The number of hydrazone groups is 1. The van der Waals surface area contributed by atoms with Gasteiger partial charge in [-0.05, 0) is 38.5 Å². The highest BCUT2D eigenvalue weighted by molar-refractivity contribution is 6.09. The first-order valence-electron chi connectivity index (χ1n) is 9.13. The number of benzene rings is 1. The Bertz CT molecular complexity index is 899. The van der Waals surface area contributed by atoms with Crippen LogP contribution in [-0.4, -0.2) is 60.3 Å². The first-order chi connectivity index (χ1) is 13.9. The van der Waals surface area contributed by atoms with Crippen molar-refractivity contribution in [2.24, 2.45) is 5.10 Å². The lowest BCUT2D eigenvalue weighted by Crippen LogP contribution is -2.62. The molecule has 3 heterocycles. The van der Waals surface area contributed by atoms with E-state index in [1.54, 1.807) is 0 Å². The monoisotopic (exact) mass is 429 g/mol. The third-order valence-electron chi connectivity index (χ3n) is 4.97. The van der Waals surface area contributed by atoms with Gasteiger partial charge in [0.25, 0.3) is 5.91 Å². The van der Waals surface area contributed by atoms with Crippen LogP contribution >= 0.6 is 0 Å². The van der Waals surface area contributed by atoms with E-state index in [0.717, 1.165) is 41.6 Å². The molecular formula is C18H22F3N5O4. The van der Waals surface area contributed by atoms with Gasteiger partial charge >= 0.3 is 12.1 Å². The Morgan fingerprint density at radius 1 is 1.40 bits per heavy atom. The third kappa shape index (κ3) is 4.27. The maximum Gasteiger partial charge on any atom is 0.490 e. The first kappa shape index (κ1) is 21.7. The summed E-state index contributed by atoms with van der Waals surface area (Å²) in [5, 5.41) is 18.2. The molecule has 4 rings (SSSR count). The van der Waals surface area contributed by atoms with Crippen molar-refractivity contribution in [3.8, 4) is 5.75 Å². The smallest absolute Gasteiger partial charge is 0.483 e. The molecule has 1 saturated heterocycles. The van der Waals surface area contributed by atoms with Gasteiger partial charge in [-0.3, -0.25) is 4.79 Å². The fraction of sp³-hybridized carbons (Fsp3) is 0.500. The number of carboxylic acid groups (broad SMARTS) is 1. The number of hydrogen-bond donors (Lipinski definition) is 4. The van der Waals surface area contributed by atoms with Gasteiger partial charge in [0, 0.05) is 18.8 Å². The number of halogens is 3. The van der Waals surface area contributed by atoms with Crippen LogP contribution in [0.1, 0.15) is 19.4 Å². The van der Waals surface area contributed by atoms with E-state index in [0.29, 0.717) is 6.61 Å². The Labute approximate surface area is 170 Å². The summed E-state index contributed by atoms with van der Waals surface area (Å²) in [5.74, 6) is -1.33. The Balaban J connectivity index is 0.000000318. The molecule has 1 aromatic carbocycles. The number of nitrogens with one attached hydrogen (secondary N) is 3. The molecule has 1 unspecified atom stereocenters. The number of carbonyl (C=O) groups is 2. The van der Waals surface area contributed by atoms with E-state index in [9.17, 15) is 18.0 Å². The molecule has 1 fully saturated rings.